The molecule has 1 aliphatic carbocycles. The molecule has 1 saturated carbocycles. The lowest BCUT2D eigenvalue weighted by atomic mass is 9.75. The monoisotopic (exact) mass is 376 g/mol. The zero-order valence-electron chi connectivity index (χ0n) is 17.0. The molecule has 0 aromatic heterocycles. The average Bonchev–Trinajstić information content (AvgIpc) is 2.59. The van der Waals surface area contributed by atoms with Gasteiger partial charge in [0.25, 0.3) is 5.69 Å². The van der Waals surface area contributed by atoms with Crippen LogP contribution in [-0.2, 0) is 9.53 Å². The van der Waals surface area contributed by atoms with Gasteiger partial charge in [-0.3, -0.25) is 10.1 Å². The highest BCUT2D eigenvalue weighted by Crippen LogP contribution is 2.36. The third-order valence-corrected chi connectivity index (χ3v) is 5.56. The van der Waals surface area contributed by atoms with E-state index in [4.69, 9.17) is 4.74 Å². The zero-order valence-corrected chi connectivity index (χ0v) is 17.0. The molecule has 150 valence electrons. The van der Waals surface area contributed by atoms with Gasteiger partial charge in [0.05, 0.1) is 4.92 Å². The predicted octanol–water partition coefficient (Wildman–Crippen LogP) is 5.04. The molecule has 0 bridgehead atoms. The third kappa shape index (κ3) is 5.44. The summed E-state index contributed by atoms with van der Waals surface area (Å²) in [5.41, 5.74) is 0.304. The van der Waals surface area contributed by atoms with Crippen molar-refractivity contribution in [2.75, 3.05) is 5.32 Å². The number of carbonyl (C=O) groups excluding carboxylic acids is 1. The second-order valence-corrected chi connectivity index (χ2v) is 8.44. The smallest absolute Gasteiger partial charge is 0.329 e. The fourth-order valence-electron chi connectivity index (χ4n) is 3.89. The standard InChI is InChI=1S/C21H32N2O4/c1-13(2)16-11-10-15(5)12-19(16)27-21(24)20(14(3)4)22-17-8-6-7-9-18(17)23(25)26/h6-9,13-16,19-20,22H,10-12H2,1-5H3/t15-,16?,19-,20-/m1/s1. The molecule has 0 amide bonds. The number of nitrogens with zero attached hydrogens (tertiary/aromatic N) is 1. The zero-order chi connectivity index (χ0) is 20.1. The van der Waals surface area contributed by atoms with Crippen LogP contribution in [0.2, 0.25) is 0 Å². The average molecular weight is 376 g/mol. The Balaban J connectivity index is 2.16. The van der Waals surface area contributed by atoms with Crippen LogP contribution in [0.4, 0.5) is 11.4 Å². The van der Waals surface area contributed by atoms with Crippen molar-refractivity contribution in [2.24, 2.45) is 23.7 Å². The number of benzene rings is 1. The fraction of sp³-hybridized carbons (Fsp3) is 0.667. The molecule has 6 heteroatoms. The summed E-state index contributed by atoms with van der Waals surface area (Å²) in [5.74, 6) is 0.974. The Bertz CT molecular complexity index is 659. The largest absolute Gasteiger partial charge is 0.461 e. The van der Waals surface area contributed by atoms with Crippen LogP contribution in [0.1, 0.15) is 53.9 Å². The summed E-state index contributed by atoms with van der Waals surface area (Å²) in [6.07, 6.45) is 3.03. The highest BCUT2D eigenvalue weighted by atomic mass is 16.6. The Morgan fingerprint density at radius 1 is 1.22 bits per heavy atom. The van der Waals surface area contributed by atoms with E-state index in [1.807, 2.05) is 13.8 Å². The van der Waals surface area contributed by atoms with Gasteiger partial charge in [0.1, 0.15) is 17.8 Å². The van der Waals surface area contributed by atoms with E-state index in [2.05, 4.69) is 26.1 Å². The Morgan fingerprint density at radius 3 is 2.48 bits per heavy atom. The molecule has 1 unspecified atom stereocenters. The molecule has 1 N–H and O–H groups in total. The minimum Gasteiger partial charge on any atom is -0.461 e. The summed E-state index contributed by atoms with van der Waals surface area (Å²) in [4.78, 5) is 23.8. The van der Waals surface area contributed by atoms with Crippen molar-refractivity contribution in [3.05, 3.63) is 34.4 Å². The first-order chi connectivity index (χ1) is 12.7. The number of carbonyl (C=O) groups is 1. The molecule has 1 aliphatic rings. The summed E-state index contributed by atoms with van der Waals surface area (Å²) >= 11 is 0. The van der Waals surface area contributed by atoms with Gasteiger partial charge in [-0.1, -0.05) is 53.2 Å². The van der Waals surface area contributed by atoms with E-state index in [1.165, 1.54) is 12.5 Å². The maximum Gasteiger partial charge on any atom is 0.329 e. The minimum absolute atomic E-state index is 0.0395. The van der Waals surface area contributed by atoms with Crippen molar-refractivity contribution in [1.82, 2.24) is 0 Å². The van der Waals surface area contributed by atoms with Crippen LogP contribution in [0.15, 0.2) is 24.3 Å². The van der Waals surface area contributed by atoms with E-state index in [0.29, 0.717) is 23.4 Å². The number of nitro benzene ring substituents is 1. The van der Waals surface area contributed by atoms with Crippen LogP contribution in [0.3, 0.4) is 0 Å². The van der Waals surface area contributed by atoms with E-state index in [0.717, 1.165) is 12.8 Å². The van der Waals surface area contributed by atoms with Gasteiger partial charge < -0.3 is 10.1 Å². The summed E-state index contributed by atoms with van der Waals surface area (Å²) in [5, 5.41) is 14.3. The van der Waals surface area contributed by atoms with Gasteiger partial charge in [0.2, 0.25) is 0 Å². The molecule has 4 atom stereocenters. The highest BCUT2D eigenvalue weighted by molar-refractivity contribution is 5.81. The van der Waals surface area contributed by atoms with Crippen molar-refractivity contribution < 1.29 is 14.5 Å². The molecule has 0 radical (unpaired) electrons. The van der Waals surface area contributed by atoms with Crippen molar-refractivity contribution >= 4 is 17.3 Å². The molecular formula is C21H32N2O4. The molecule has 2 rings (SSSR count). The second kappa shape index (κ2) is 9.20. The van der Waals surface area contributed by atoms with Gasteiger partial charge in [0.15, 0.2) is 0 Å². The van der Waals surface area contributed by atoms with E-state index >= 15 is 0 Å². The van der Waals surface area contributed by atoms with Crippen LogP contribution < -0.4 is 5.32 Å². The lowest BCUT2D eigenvalue weighted by Gasteiger charge is -2.37. The van der Waals surface area contributed by atoms with Crippen LogP contribution in [0.5, 0.6) is 0 Å². The number of anilines is 1. The normalized spacial score (nSPS) is 23.9. The lowest BCUT2D eigenvalue weighted by Crippen LogP contribution is -2.42. The van der Waals surface area contributed by atoms with Crippen LogP contribution >= 0.6 is 0 Å². The van der Waals surface area contributed by atoms with E-state index in [-0.39, 0.29) is 23.7 Å². The van der Waals surface area contributed by atoms with Crippen molar-refractivity contribution in [2.45, 2.75) is 66.0 Å². The van der Waals surface area contributed by atoms with Gasteiger partial charge >= 0.3 is 5.97 Å². The highest BCUT2D eigenvalue weighted by Gasteiger charge is 2.36. The Hall–Kier alpha value is -2.11. The molecule has 0 saturated heterocycles. The fourth-order valence-corrected chi connectivity index (χ4v) is 3.89. The molecule has 1 aromatic rings. The van der Waals surface area contributed by atoms with Crippen LogP contribution in [0.25, 0.3) is 0 Å². The summed E-state index contributed by atoms with van der Waals surface area (Å²) < 4.78 is 5.96. The quantitative estimate of drug-likeness (QED) is 0.410. The third-order valence-electron chi connectivity index (χ3n) is 5.56. The van der Waals surface area contributed by atoms with Gasteiger partial charge in [0, 0.05) is 6.07 Å². The Morgan fingerprint density at radius 2 is 1.89 bits per heavy atom. The molecule has 1 fully saturated rings. The molecule has 6 nitrogen and oxygen atoms in total. The number of nitrogens with one attached hydrogen (secondary N) is 1. The van der Waals surface area contributed by atoms with Crippen LogP contribution in [0, 0.1) is 33.8 Å². The summed E-state index contributed by atoms with van der Waals surface area (Å²) in [7, 11) is 0. The lowest BCUT2D eigenvalue weighted by molar-refractivity contribution is -0.384. The number of hydrogen-bond donors (Lipinski definition) is 1. The van der Waals surface area contributed by atoms with Crippen molar-refractivity contribution in [1.29, 1.82) is 0 Å². The van der Waals surface area contributed by atoms with Gasteiger partial charge in [-0.25, -0.2) is 4.79 Å². The Kier molecular flexibility index (Phi) is 7.22. The summed E-state index contributed by atoms with van der Waals surface area (Å²) in [6, 6.07) is 5.76. The van der Waals surface area contributed by atoms with Gasteiger partial charge in [-0.15, -0.1) is 0 Å². The van der Waals surface area contributed by atoms with E-state index in [1.54, 1.807) is 18.2 Å². The molecule has 0 heterocycles. The number of rotatable bonds is 7. The second-order valence-electron chi connectivity index (χ2n) is 8.44. The number of ether oxygens (including phenoxy) is 1. The van der Waals surface area contributed by atoms with E-state index in [9.17, 15) is 14.9 Å². The first-order valence-corrected chi connectivity index (χ1v) is 9.91. The van der Waals surface area contributed by atoms with Gasteiger partial charge in [-0.05, 0) is 42.6 Å². The predicted molar refractivity (Wildman–Crippen MR) is 107 cm³/mol. The molecular weight excluding hydrogens is 344 g/mol. The summed E-state index contributed by atoms with van der Waals surface area (Å²) in [6.45, 7) is 10.4. The van der Waals surface area contributed by atoms with Crippen LogP contribution in [-0.4, -0.2) is 23.0 Å². The number of esters is 1. The number of hydrogen-bond acceptors (Lipinski definition) is 5. The first kappa shape index (κ1) is 21.2. The number of nitro groups is 1. The molecule has 0 aliphatic heterocycles. The minimum atomic E-state index is -0.629. The maximum absolute atomic E-state index is 13.0. The Labute approximate surface area is 161 Å². The molecule has 1 aromatic carbocycles. The topological polar surface area (TPSA) is 81.5 Å². The van der Waals surface area contributed by atoms with Gasteiger partial charge in [-0.2, -0.15) is 0 Å². The number of para-hydroxylation sites is 2. The SMILES string of the molecule is CC(C)C1CC[C@@H](C)C[C@H]1OC(=O)[C@H](Nc1ccccc1[N+](=O)[O-])C(C)C. The maximum atomic E-state index is 13.0. The van der Waals surface area contributed by atoms with E-state index < -0.39 is 11.0 Å². The van der Waals surface area contributed by atoms with Crippen molar-refractivity contribution in [3.8, 4) is 0 Å². The molecule has 27 heavy (non-hydrogen) atoms. The first-order valence-electron chi connectivity index (χ1n) is 9.91. The van der Waals surface area contributed by atoms with Crippen molar-refractivity contribution in [3.63, 3.8) is 0 Å². The molecule has 0 spiro atoms.